The molecule has 6 rings (SSSR count). The fraction of sp³-hybridized carbons (Fsp3) is 0.452. The van der Waals surface area contributed by atoms with Gasteiger partial charge in [0.1, 0.15) is 48.0 Å². The van der Waals surface area contributed by atoms with Gasteiger partial charge in [-0.15, -0.1) is 0 Å². The van der Waals surface area contributed by atoms with Crippen LogP contribution >= 0.6 is 0 Å². The van der Waals surface area contributed by atoms with E-state index in [1.54, 1.807) is 12.1 Å². The van der Waals surface area contributed by atoms with Gasteiger partial charge in [0.05, 0.1) is 6.61 Å². The Kier molecular flexibility index (Phi) is 23.6. The molecule has 1 saturated heterocycles. The fourth-order valence-corrected chi connectivity index (χ4v) is 10.1. The molecule has 0 aromatic heterocycles. The standard InChI is InChI=1S/C62H81N9O10/c1-7-63-61(80)55-20-14-30-71(55)62(81)49(19-12-13-29-64-39(4)5)66-56(75)50(31-38(2)3)67-59(78)53(36-43-22-26-45-16-9-11-18-47(45)33-43)68-58(77)52(34-41-23-27-48(74)28-24-41)69-60(79)54(37-72)70-57(76)51(65-40(6)73)35-42-21-25-44-15-8-10-17-46(44)32-42/h8-11,15-18,21-28,32-33,38-39,49-55,64,72,74H,7,12-14,19-20,29-31,34-37H2,1-6H3,(H,63,80)(H,65,73)(H,66,75)(H,67,78)(H,68,77)(H,69,79)(H,70,76)/t49-,50-,51-,52-,53-,54-,55-/m0/s1. The van der Waals surface area contributed by atoms with Crippen LogP contribution in [-0.2, 0) is 57.6 Å². The highest BCUT2D eigenvalue weighted by molar-refractivity contribution is 5.98. The summed E-state index contributed by atoms with van der Waals surface area (Å²) in [5, 5.41) is 47.2. The maximum atomic E-state index is 14.9. The first-order chi connectivity index (χ1) is 38.8. The number of unbranched alkanes of at least 4 members (excludes halogenated alkanes) is 1. The summed E-state index contributed by atoms with van der Waals surface area (Å²) in [7, 11) is 0. The van der Waals surface area contributed by atoms with Crippen LogP contribution in [0.15, 0.2) is 109 Å². The summed E-state index contributed by atoms with van der Waals surface area (Å²) in [6.45, 7) is 11.5. The Balaban J connectivity index is 1.26. The van der Waals surface area contributed by atoms with Crippen LogP contribution < -0.4 is 42.5 Å². The van der Waals surface area contributed by atoms with E-state index < -0.39 is 84.3 Å². The molecule has 81 heavy (non-hydrogen) atoms. The van der Waals surface area contributed by atoms with E-state index in [1.165, 1.54) is 24.0 Å². The van der Waals surface area contributed by atoms with Crippen molar-refractivity contribution < 1.29 is 48.6 Å². The lowest BCUT2D eigenvalue weighted by atomic mass is 9.98. The minimum atomic E-state index is -1.61. The molecule has 1 fully saturated rings. The predicted octanol–water partition coefficient (Wildman–Crippen LogP) is 3.99. The first-order valence-corrected chi connectivity index (χ1v) is 28.3. The number of nitrogens with one attached hydrogen (secondary N) is 8. The van der Waals surface area contributed by atoms with Crippen molar-refractivity contribution in [3.05, 3.63) is 126 Å². The van der Waals surface area contributed by atoms with Crippen LogP contribution in [0.3, 0.4) is 0 Å². The van der Waals surface area contributed by atoms with E-state index in [0.29, 0.717) is 50.0 Å². The molecule has 0 aliphatic carbocycles. The second-order valence-corrected chi connectivity index (χ2v) is 21.7. The number of nitrogens with zero attached hydrogens (tertiary/aromatic N) is 1. The van der Waals surface area contributed by atoms with Crippen LogP contribution in [0.2, 0.25) is 0 Å². The molecule has 5 aromatic carbocycles. The van der Waals surface area contributed by atoms with Crippen molar-refractivity contribution in [1.82, 2.24) is 47.4 Å². The number of carbonyl (C=O) groups excluding carboxylic acids is 8. The number of rotatable bonds is 29. The number of amides is 8. The van der Waals surface area contributed by atoms with Crippen molar-refractivity contribution in [3.63, 3.8) is 0 Å². The van der Waals surface area contributed by atoms with Crippen molar-refractivity contribution in [3.8, 4) is 5.75 Å². The summed E-state index contributed by atoms with van der Waals surface area (Å²) in [5.74, 6) is -5.24. The van der Waals surface area contributed by atoms with Gasteiger partial charge in [0, 0.05) is 45.3 Å². The molecular formula is C62H81N9O10. The number of hydrogen-bond donors (Lipinski definition) is 10. The number of likely N-dealkylation sites (tertiary alicyclic amines) is 1. The Morgan fingerprint density at radius 3 is 1.56 bits per heavy atom. The minimum absolute atomic E-state index is 0.0504. The number of fused-ring (bicyclic) bond motifs is 2. The number of aliphatic hydroxyl groups excluding tert-OH is 1. The Morgan fingerprint density at radius 1 is 0.568 bits per heavy atom. The highest BCUT2D eigenvalue weighted by Crippen LogP contribution is 2.22. The third-order valence-corrected chi connectivity index (χ3v) is 14.3. The van der Waals surface area contributed by atoms with E-state index >= 15 is 0 Å². The van der Waals surface area contributed by atoms with Crippen LogP contribution in [0.5, 0.6) is 5.75 Å². The van der Waals surface area contributed by atoms with Crippen molar-refractivity contribution in [2.45, 2.75) is 148 Å². The largest absolute Gasteiger partial charge is 0.508 e. The molecule has 0 spiro atoms. The molecule has 19 heteroatoms. The van der Waals surface area contributed by atoms with Crippen molar-refractivity contribution in [2.75, 3.05) is 26.2 Å². The number of aliphatic hydroxyl groups is 1. The average Bonchev–Trinajstić information content (AvgIpc) is 3.94. The molecule has 0 radical (unpaired) electrons. The van der Waals surface area contributed by atoms with E-state index in [-0.39, 0.29) is 61.6 Å². The molecule has 19 nitrogen and oxygen atoms in total. The Bertz CT molecular complexity index is 2970. The highest BCUT2D eigenvalue weighted by atomic mass is 16.3. The number of phenols is 1. The van der Waals surface area contributed by atoms with E-state index in [1.807, 2.05) is 120 Å². The predicted molar refractivity (Wildman–Crippen MR) is 311 cm³/mol. The fourth-order valence-electron chi connectivity index (χ4n) is 10.1. The summed E-state index contributed by atoms with van der Waals surface area (Å²) in [5.41, 5.74) is 1.88. The van der Waals surface area contributed by atoms with Gasteiger partial charge in [-0.05, 0) is 108 Å². The number of benzene rings is 5. The first-order valence-electron chi connectivity index (χ1n) is 28.3. The van der Waals surface area contributed by atoms with E-state index in [9.17, 15) is 48.6 Å². The number of likely N-dealkylation sites (N-methyl/N-ethyl adjacent to an activating group) is 1. The summed E-state index contributed by atoms with van der Waals surface area (Å²) in [6.07, 6.45) is 2.63. The molecule has 10 N–H and O–H groups in total. The molecule has 1 aliphatic heterocycles. The average molecular weight is 1110 g/mol. The molecule has 1 heterocycles. The van der Waals surface area contributed by atoms with Gasteiger partial charge in [-0.2, -0.15) is 0 Å². The molecule has 5 aromatic rings. The Hall–Kier alpha value is -7.90. The first kappa shape index (κ1) is 62.3. The molecule has 7 atom stereocenters. The molecule has 434 valence electrons. The van der Waals surface area contributed by atoms with Gasteiger partial charge in [-0.1, -0.05) is 125 Å². The zero-order valence-corrected chi connectivity index (χ0v) is 47.4. The molecule has 0 bridgehead atoms. The maximum absolute atomic E-state index is 14.9. The zero-order valence-electron chi connectivity index (χ0n) is 47.4. The van der Waals surface area contributed by atoms with Crippen LogP contribution in [0.1, 0.15) is 96.8 Å². The van der Waals surface area contributed by atoms with Crippen LogP contribution in [0, 0.1) is 5.92 Å². The number of phenolic OH excluding ortho intramolecular Hbond substituents is 1. The van der Waals surface area contributed by atoms with Crippen LogP contribution in [0.4, 0.5) is 0 Å². The number of aromatic hydroxyl groups is 1. The summed E-state index contributed by atoms with van der Waals surface area (Å²) < 4.78 is 0. The number of carbonyl (C=O) groups is 8. The SMILES string of the molecule is CCNC(=O)[C@@H]1CCCN1C(=O)[C@H](CCCCNC(C)C)NC(=O)[C@H](CC(C)C)NC(=O)[C@H](Cc1ccc2ccccc2c1)NC(=O)[C@H](Cc1ccc(O)cc1)NC(=O)[C@H](CO)NC(=O)[C@H](Cc1ccc2ccccc2c1)NC(C)=O. The maximum Gasteiger partial charge on any atom is 0.245 e. The van der Waals surface area contributed by atoms with Crippen LogP contribution in [0.25, 0.3) is 21.5 Å². The summed E-state index contributed by atoms with van der Waals surface area (Å²) in [4.78, 5) is 114. The normalized spacial score (nSPS) is 15.5. The minimum Gasteiger partial charge on any atom is -0.508 e. The summed E-state index contributed by atoms with van der Waals surface area (Å²) in [6, 6.07) is 24.2. The van der Waals surface area contributed by atoms with Gasteiger partial charge in [0.25, 0.3) is 0 Å². The van der Waals surface area contributed by atoms with E-state index in [4.69, 9.17) is 0 Å². The lowest BCUT2D eigenvalue weighted by Crippen LogP contribution is -2.61. The molecular weight excluding hydrogens is 1030 g/mol. The van der Waals surface area contributed by atoms with Gasteiger partial charge in [-0.25, -0.2) is 0 Å². The lowest BCUT2D eigenvalue weighted by molar-refractivity contribution is -0.142. The monoisotopic (exact) mass is 1110 g/mol. The third kappa shape index (κ3) is 18.8. The van der Waals surface area contributed by atoms with Crippen molar-refractivity contribution in [1.29, 1.82) is 0 Å². The number of hydrogen-bond acceptors (Lipinski definition) is 11. The van der Waals surface area contributed by atoms with Gasteiger partial charge in [-0.3, -0.25) is 38.4 Å². The van der Waals surface area contributed by atoms with Gasteiger partial charge < -0.3 is 57.6 Å². The molecule has 1 aliphatic rings. The zero-order chi connectivity index (χ0) is 58.6. The van der Waals surface area contributed by atoms with Gasteiger partial charge in [0.2, 0.25) is 47.3 Å². The third-order valence-electron chi connectivity index (χ3n) is 14.3. The molecule has 8 amide bonds. The smallest absolute Gasteiger partial charge is 0.245 e. The Labute approximate surface area is 474 Å². The van der Waals surface area contributed by atoms with Gasteiger partial charge >= 0.3 is 0 Å². The van der Waals surface area contributed by atoms with Crippen molar-refractivity contribution >= 4 is 68.8 Å². The van der Waals surface area contributed by atoms with E-state index in [2.05, 4.69) is 42.5 Å². The summed E-state index contributed by atoms with van der Waals surface area (Å²) >= 11 is 0. The van der Waals surface area contributed by atoms with Crippen LogP contribution in [-0.4, -0.2) is 137 Å². The van der Waals surface area contributed by atoms with E-state index in [0.717, 1.165) is 33.5 Å². The second-order valence-electron chi connectivity index (χ2n) is 21.7. The topological polar surface area (TPSA) is 276 Å². The highest BCUT2D eigenvalue weighted by Gasteiger charge is 2.39. The quantitative estimate of drug-likeness (QED) is 0.0306. The molecule has 0 unspecified atom stereocenters. The second kappa shape index (κ2) is 30.6. The lowest BCUT2D eigenvalue weighted by Gasteiger charge is -2.31. The molecule has 0 saturated carbocycles. The van der Waals surface area contributed by atoms with Gasteiger partial charge in [0.15, 0.2) is 0 Å². The Morgan fingerprint density at radius 2 is 1.04 bits per heavy atom. The van der Waals surface area contributed by atoms with Crippen molar-refractivity contribution in [2.24, 2.45) is 5.92 Å².